The Morgan fingerprint density at radius 2 is 2.15 bits per heavy atom. The number of hydrogen-bond acceptors (Lipinski definition) is 2. The van der Waals surface area contributed by atoms with E-state index in [0.717, 1.165) is 13.0 Å². The van der Waals surface area contributed by atoms with E-state index < -0.39 is 0 Å². The molecule has 72 valence electrons. The summed E-state index contributed by atoms with van der Waals surface area (Å²) in [5.74, 6) is -0.262. The predicted octanol–water partition coefficient (Wildman–Crippen LogP) is 1.86. The van der Waals surface area contributed by atoms with Crippen molar-refractivity contribution in [3.8, 4) is 0 Å². The van der Waals surface area contributed by atoms with Crippen molar-refractivity contribution in [2.75, 3.05) is 7.11 Å². The number of carbonyl (C=O) groups is 1. The lowest BCUT2D eigenvalue weighted by molar-refractivity contribution is 0.0588. The van der Waals surface area contributed by atoms with E-state index in [9.17, 15) is 4.79 Å². The fourth-order valence-electron chi connectivity index (χ4n) is 1.47. The molecule has 0 bridgehead atoms. The Kier molecular flexibility index (Phi) is 3.12. The smallest absolute Gasteiger partial charge is 0.354 e. The van der Waals surface area contributed by atoms with Crippen LogP contribution in [-0.2, 0) is 17.7 Å². The van der Waals surface area contributed by atoms with Gasteiger partial charge in [0.05, 0.1) is 7.11 Å². The standard InChI is InChI=1S/C10H15NO2/c1-4-8-6-7-9(10(12)13-3)11(8)5-2/h6-7H,4-5H2,1-3H3. The summed E-state index contributed by atoms with van der Waals surface area (Å²) in [7, 11) is 1.40. The number of nitrogens with zero attached hydrogens (tertiary/aromatic N) is 1. The van der Waals surface area contributed by atoms with Gasteiger partial charge in [-0.15, -0.1) is 0 Å². The van der Waals surface area contributed by atoms with E-state index in [4.69, 9.17) is 0 Å². The van der Waals surface area contributed by atoms with E-state index in [0.29, 0.717) is 5.69 Å². The minimum absolute atomic E-state index is 0.262. The number of rotatable bonds is 3. The van der Waals surface area contributed by atoms with Crippen molar-refractivity contribution >= 4 is 5.97 Å². The molecule has 3 nitrogen and oxygen atoms in total. The summed E-state index contributed by atoms with van der Waals surface area (Å²) in [4.78, 5) is 11.3. The second-order valence-corrected chi connectivity index (χ2v) is 2.80. The van der Waals surface area contributed by atoms with Gasteiger partial charge >= 0.3 is 5.97 Å². The molecule has 13 heavy (non-hydrogen) atoms. The van der Waals surface area contributed by atoms with Gasteiger partial charge in [-0.1, -0.05) is 6.92 Å². The van der Waals surface area contributed by atoms with Crippen molar-refractivity contribution in [1.82, 2.24) is 4.57 Å². The van der Waals surface area contributed by atoms with Crippen LogP contribution in [0.3, 0.4) is 0 Å². The summed E-state index contributed by atoms with van der Waals surface area (Å²) >= 11 is 0. The molecular weight excluding hydrogens is 166 g/mol. The molecule has 1 heterocycles. The largest absolute Gasteiger partial charge is 0.464 e. The maximum Gasteiger partial charge on any atom is 0.354 e. The Bertz CT molecular complexity index is 302. The van der Waals surface area contributed by atoms with Gasteiger partial charge in [0.1, 0.15) is 5.69 Å². The van der Waals surface area contributed by atoms with Gasteiger partial charge in [-0.2, -0.15) is 0 Å². The van der Waals surface area contributed by atoms with Crippen LogP contribution in [0, 0.1) is 0 Å². The molecule has 0 aliphatic heterocycles. The third-order valence-electron chi connectivity index (χ3n) is 2.14. The zero-order valence-electron chi connectivity index (χ0n) is 8.33. The van der Waals surface area contributed by atoms with E-state index in [1.165, 1.54) is 12.8 Å². The average Bonchev–Trinajstić information content (AvgIpc) is 2.58. The first kappa shape index (κ1) is 9.84. The van der Waals surface area contributed by atoms with Crippen molar-refractivity contribution in [2.45, 2.75) is 26.8 Å². The van der Waals surface area contributed by atoms with Gasteiger partial charge in [-0.05, 0) is 25.5 Å². The summed E-state index contributed by atoms with van der Waals surface area (Å²) < 4.78 is 6.65. The van der Waals surface area contributed by atoms with Crippen LogP contribution in [0.1, 0.15) is 30.0 Å². The Balaban J connectivity index is 3.07. The molecule has 0 N–H and O–H groups in total. The number of aromatic nitrogens is 1. The molecule has 0 aromatic carbocycles. The van der Waals surface area contributed by atoms with Crippen LogP contribution in [0.2, 0.25) is 0 Å². The molecule has 1 aromatic heterocycles. The molecule has 0 aliphatic rings. The maximum absolute atomic E-state index is 11.3. The van der Waals surface area contributed by atoms with Crippen LogP contribution < -0.4 is 0 Å². The quantitative estimate of drug-likeness (QED) is 0.666. The lowest BCUT2D eigenvalue weighted by Crippen LogP contribution is -2.11. The van der Waals surface area contributed by atoms with Crippen LogP contribution in [0.15, 0.2) is 12.1 Å². The Labute approximate surface area is 78.3 Å². The fraction of sp³-hybridized carbons (Fsp3) is 0.500. The fourth-order valence-corrected chi connectivity index (χ4v) is 1.47. The molecule has 0 aliphatic carbocycles. The first-order valence-electron chi connectivity index (χ1n) is 4.51. The zero-order valence-corrected chi connectivity index (χ0v) is 8.33. The number of carbonyl (C=O) groups excluding carboxylic acids is 1. The number of hydrogen-bond donors (Lipinski definition) is 0. The molecule has 0 radical (unpaired) electrons. The number of ether oxygens (including phenoxy) is 1. The molecule has 0 amide bonds. The van der Waals surface area contributed by atoms with Crippen LogP contribution in [-0.4, -0.2) is 17.6 Å². The molecule has 1 rings (SSSR count). The molecule has 0 saturated carbocycles. The predicted molar refractivity (Wildman–Crippen MR) is 50.8 cm³/mol. The van der Waals surface area contributed by atoms with Gasteiger partial charge < -0.3 is 9.30 Å². The highest BCUT2D eigenvalue weighted by molar-refractivity contribution is 5.87. The molecule has 1 aromatic rings. The molecule has 0 atom stereocenters. The van der Waals surface area contributed by atoms with Crippen LogP contribution in [0.4, 0.5) is 0 Å². The summed E-state index contributed by atoms with van der Waals surface area (Å²) in [6.07, 6.45) is 0.935. The van der Waals surface area contributed by atoms with Crippen molar-refractivity contribution in [3.63, 3.8) is 0 Å². The minimum atomic E-state index is -0.262. The van der Waals surface area contributed by atoms with Gasteiger partial charge in [0, 0.05) is 12.2 Å². The highest BCUT2D eigenvalue weighted by Gasteiger charge is 2.12. The van der Waals surface area contributed by atoms with Crippen LogP contribution in [0.25, 0.3) is 0 Å². The number of aryl methyl sites for hydroxylation is 1. The lowest BCUT2D eigenvalue weighted by Gasteiger charge is -2.07. The van der Waals surface area contributed by atoms with E-state index in [1.54, 1.807) is 0 Å². The van der Waals surface area contributed by atoms with Gasteiger partial charge in [-0.25, -0.2) is 4.79 Å². The topological polar surface area (TPSA) is 31.2 Å². The molecule has 0 unspecified atom stereocenters. The van der Waals surface area contributed by atoms with Crippen molar-refractivity contribution in [2.24, 2.45) is 0 Å². The van der Waals surface area contributed by atoms with E-state index >= 15 is 0 Å². The zero-order chi connectivity index (χ0) is 9.84. The first-order chi connectivity index (χ1) is 6.24. The lowest BCUT2D eigenvalue weighted by atomic mass is 10.3. The maximum atomic E-state index is 11.3. The average molecular weight is 181 g/mol. The second kappa shape index (κ2) is 4.12. The van der Waals surface area contributed by atoms with Gasteiger partial charge in [0.15, 0.2) is 0 Å². The molecule has 0 saturated heterocycles. The SMILES string of the molecule is CCc1ccc(C(=O)OC)n1CC. The molecule has 0 spiro atoms. The number of methoxy groups -OCH3 is 1. The Morgan fingerprint density at radius 3 is 2.62 bits per heavy atom. The van der Waals surface area contributed by atoms with Crippen molar-refractivity contribution < 1.29 is 9.53 Å². The third-order valence-corrected chi connectivity index (χ3v) is 2.14. The van der Waals surface area contributed by atoms with E-state index in [2.05, 4.69) is 11.7 Å². The minimum Gasteiger partial charge on any atom is -0.464 e. The Hall–Kier alpha value is -1.25. The Morgan fingerprint density at radius 1 is 1.46 bits per heavy atom. The van der Waals surface area contributed by atoms with Crippen LogP contribution >= 0.6 is 0 Å². The van der Waals surface area contributed by atoms with E-state index in [1.807, 2.05) is 23.6 Å². The summed E-state index contributed by atoms with van der Waals surface area (Å²) in [6, 6.07) is 3.78. The van der Waals surface area contributed by atoms with Gasteiger partial charge in [-0.3, -0.25) is 0 Å². The summed E-state index contributed by atoms with van der Waals surface area (Å²) in [6.45, 7) is 4.90. The normalized spacial score (nSPS) is 10.1. The monoisotopic (exact) mass is 181 g/mol. The third kappa shape index (κ3) is 1.74. The summed E-state index contributed by atoms with van der Waals surface area (Å²) in [5, 5.41) is 0. The van der Waals surface area contributed by atoms with Crippen molar-refractivity contribution in [1.29, 1.82) is 0 Å². The van der Waals surface area contributed by atoms with Crippen LogP contribution in [0.5, 0.6) is 0 Å². The highest BCUT2D eigenvalue weighted by atomic mass is 16.5. The molecular formula is C10H15NO2. The highest BCUT2D eigenvalue weighted by Crippen LogP contribution is 2.10. The molecule has 0 fully saturated rings. The first-order valence-corrected chi connectivity index (χ1v) is 4.51. The van der Waals surface area contributed by atoms with Crippen molar-refractivity contribution in [3.05, 3.63) is 23.5 Å². The summed E-state index contributed by atoms with van der Waals surface area (Å²) in [5.41, 5.74) is 1.81. The second-order valence-electron chi connectivity index (χ2n) is 2.80. The van der Waals surface area contributed by atoms with Gasteiger partial charge in [0.25, 0.3) is 0 Å². The van der Waals surface area contributed by atoms with Gasteiger partial charge in [0.2, 0.25) is 0 Å². The van der Waals surface area contributed by atoms with E-state index in [-0.39, 0.29) is 5.97 Å². The molecule has 3 heteroatoms. The number of esters is 1.